The fourth-order valence-electron chi connectivity index (χ4n) is 12.0. The van der Waals surface area contributed by atoms with Crippen LogP contribution in [-0.2, 0) is 47.2 Å². The van der Waals surface area contributed by atoms with Gasteiger partial charge in [-0.05, 0) is 88.9 Å². The molecule has 0 spiro atoms. The van der Waals surface area contributed by atoms with Crippen LogP contribution in [0.25, 0.3) is 0 Å². The van der Waals surface area contributed by atoms with Crippen LogP contribution in [0, 0.1) is 16.7 Å². The molecule has 19 heteroatoms. The second kappa shape index (κ2) is 18.2. The van der Waals surface area contributed by atoms with Gasteiger partial charge in [-0.1, -0.05) is 59.7 Å². The van der Waals surface area contributed by atoms with Crippen molar-refractivity contribution in [3.05, 3.63) is 47.0 Å². The lowest BCUT2D eigenvalue weighted by molar-refractivity contribution is -0.345. The van der Waals surface area contributed by atoms with Crippen LogP contribution in [0.3, 0.4) is 0 Å². The minimum absolute atomic E-state index is 0.0948. The zero-order valence-electron chi connectivity index (χ0n) is 42.6. The standard InChI is InChI=1S/C50H74F2N2O14Si/c1-27(2)62-43(58)53-37(40(51)52)48(12,68-69(13,14)44(5,6)7)42(57)63-31-22-50(60)39(66-41(56)30-18-16-15-17-19-30)36-47(11,21-20-32-49(36,26-61-32)67-29(4)55)38-35(34(28(31)3)45(50,8)9)64-33(65-38)23-54-24-46(10,59)25-54/h15-19,27,31-33,35-40,59-60H,20-26H2,1-14H3,(H,53,58)/t31-,32+,33+,35+,36-,37-,38+,39-,47+,48+,49-,50+/m0/s1. The molecule has 3 aliphatic carbocycles. The van der Waals surface area contributed by atoms with Crippen LogP contribution in [0.1, 0.15) is 113 Å². The first-order chi connectivity index (χ1) is 31.7. The molecule has 3 saturated heterocycles. The number of carbonyl (C=O) groups is 4. The minimum Gasteiger partial charge on any atom is -0.456 e. The fraction of sp³-hybridized carbons (Fsp3) is 0.760. The molecule has 7 rings (SSSR count). The smallest absolute Gasteiger partial charge is 0.407 e. The third-order valence-electron chi connectivity index (χ3n) is 16.5. The topological polar surface area (TPSA) is 198 Å². The molecule has 0 aromatic heterocycles. The van der Waals surface area contributed by atoms with Crippen molar-refractivity contribution in [1.29, 1.82) is 0 Å². The van der Waals surface area contributed by atoms with Crippen LogP contribution in [-0.4, -0.2) is 151 Å². The molecular formula is C50H74F2N2O14Si. The molecule has 0 radical (unpaired) electrons. The highest BCUT2D eigenvalue weighted by Crippen LogP contribution is 2.67. The largest absolute Gasteiger partial charge is 0.456 e. The Morgan fingerprint density at radius 2 is 1.62 bits per heavy atom. The Balaban J connectivity index is 1.43. The summed E-state index contributed by atoms with van der Waals surface area (Å²) < 4.78 is 82.7. The van der Waals surface area contributed by atoms with Gasteiger partial charge in [-0.25, -0.2) is 23.2 Å². The second-order valence-corrected chi connectivity index (χ2v) is 28.1. The SMILES string of the molecule is CC(=O)O[C@@]12CO[C@@H]1CC[C@@]1(C)[C@@H]3O[C@H](CN4CC(C)(O)C4)O[C@@H]3C3=C(C)[C@@H](OC(=O)[C@](C)(O[Si](C)(C)C(C)(C)C)[C@@H](NC(=O)OC(C)C)C(F)F)C[C@@](O)([C@@H](OC(=O)c4ccccc4)[C@@H]12)C3(C)C. The number of alkyl carbamates (subject to hydrolysis) is 1. The summed E-state index contributed by atoms with van der Waals surface area (Å²) in [6, 6.07) is 5.97. The van der Waals surface area contributed by atoms with Gasteiger partial charge in [0.15, 0.2) is 25.8 Å². The van der Waals surface area contributed by atoms with Crippen LogP contribution < -0.4 is 5.32 Å². The summed E-state index contributed by atoms with van der Waals surface area (Å²) in [5, 5.41) is 26.4. The van der Waals surface area contributed by atoms with Crippen LogP contribution in [0.4, 0.5) is 13.6 Å². The number of hydrogen-bond acceptors (Lipinski definition) is 15. The highest BCUT2D eigenvalue weighted by Gasteiger charge is 2.77. The van der Waals surface area contributed by atoms with Gasteiger partial charge in [-0.15, -0.1) is 0 Å². The number of β-amino-alcohol motifs (C(OH)–C–C–N with tert-alkyl or cyclic N) is 1. The van der Waals surface area contributed by atoms with E-state index in [1.54, 1.807) is 85.0 Å². The lowest BCUT2D eigenvalue weighted by Crippen LogP contribution is -2.79. The van der Waals surface area contributed by atoms with Crippen LogP contribution in [0.15, 0.2) is 41.5 Å². The van der Waals surface area contributed by atoms with Crippen molar-refractivity contribution in [1.82, 2.24) is 10.2 Å². The van der Waals surface area contributed by atoms with E-state index in [0.717, 1.165) is 0 Å². The quantitative estimate of drug-likeness (QED) is 0.0842. The predicted octanol–water partition coefficient (Wildman–Crippen LogP) is 6.46. The molecule has 2 bridgehead atoms. The number of esters is 3. The van der Waals surface area contributed by atoms with Gasteiger partial charge in [-0.3, -0.25) is 9.69 Å². The van der Waals surface area contributed by atoms with Gasteiger partial charge in [0.05, 0.1) is 35.9 Å². The summed E-state index contributed by atoms with van der Waals surface area (Å²) in [6.07, 6.45) is -11.2. The first-order valence-corrected chi connectivity index (χ1v) is 27.1. The Kier molecular flexibility index (Phi) is 14.0. The van der Waals surface area contributed by atoms with Gasteiger partial charge in [0.1, 0.15) is 36.1 Å². The van der Waals surface area contributed by atoms with Crippen molar-refractivity contribution < 1.29 is 75.8 Å². The average molecular weight is 993 g/mol. The van der Waals surface area contributed by atoms with E-state index in [1.807, 2.05) is 32.6 Å². The van der Waals surface area contributed by atoms with Gasteiger partial charge in [-0.2, -0.15) is 0 Å². The third kappa shape index (κ3) is 9.29. The second-order valence-electron chi connectivity index (χ2n) is 23.4. The first-order valence-electron chi connectivity index (χ1n) is 24.2. The number of likely N-dealkylation sites (tertiary alicyclic amines) is 1. The van der Waals surface area contributed by atoms with E-state index in [-0.39, 0.29) is 18.7 Å². The molecule has 386 valence electrons. The molecule has 1 aromatic carbocycles. The van der Waals surface area contributed by atoms with Gasteiger partial charge in [0.2, 0.25) is 0 Å². The number of hydrogen-bond donors (Lipinski definition) is 3. The highest BCUT2D eigenvalue weighted by atomic mass is 28.4. The van der Waals surface area contributed by atoms with Crippen LogP contribution in [0.5, 0.6) is 0 Å². The summed E-state index contributed by atoms with van der Waals surface area (Å²) in [4.78, 5) is 58.3. The van der Waals surface area contributed by atoms with E-state index in [9.17, 15) is 24.6 Å². The van der Waals surface area contributed by atoms with Gasteiger partial charge in [0.25, 0.3) is 6.43 Å². The van der Waals surface area contributed by atoms with Crippen molar-refractivity contribution in [2.45, 2.75) is 198 Å². The summed E-state index contributed by atoms with van der Waals surface area (Å²) in [5.41, 5.74) is -8.49. The zero-order chi connectivity index (χ0) is 51.2. The van der Waals surface area contributed by atoms with Crippen molar-refractivity contribution in [3.8, 4) is 0 Å². The number of carbonyl (C=O) groups excluding carboxylic acids is 4. The molecule has 6 aliphatic rings. The average Bonchev–Trinajstić information content (AvgIpc) is 3.61. The number of benzene rings is 1. The van der Waals surface area contributed by atoms with Gasteiger partial charge < -0.3 is 53.1 Å². The monoisotopic (exact) mass is 992 g/mol. The summed E-state index contributed by atoms with van der Waals surface area (Å²) in [6.45, 7) is 24.6. The maximum atomic E-state index is 15.5. The van der Waals surface area contributed by atoms with E-state index in [4.69, 9.17) is 37.6 Å². The Morgan fingerprint density at radius 1 is 0.986 bits per heavy atom. The molecular weight excluding hydrogens is 919 g/mol. The summed E-state index contributed by atoms with van der Waals surface area (Å²) >= 11 is 0. The minimum atomic E-state index is -3.36. The zero-order valence-corrected chi connectivity index (χ0v) is 43.6. The number of halogens is 2. The molecule has 16 nitrogen and oxygen atoms in total. The molecule has 3 heterocycles. The van der Waals surface area contributed by atoms with E-state index in [2.05, 4.69) is 5.32 Å². The van der Waals surface area contributed by atoms with E-state index < -0.39 is 138 Å². The first kappa shape index (κ1) is 53.2. The van der Waals surface area contributed by atoms with E-state index in [1.165, 1.54) is 13.8 Å². The van der Waals surface area contributed by atoms with Crippen molar-refractivity contribution in [2.24, 2.45) is 16.7 Å². The summed E-state index contributed by atoms with van der Waals surface area (Å²) in [7, 11) is -3.17. The maximum absolute atomic E-state index is 15.5. The number of nitrogens with one attached hydrogen (secondary N) is 1. The Morgan fingerprint density at radius 3 is 2.16 bits per heavy atom. The van der Waals surface area contributed by atoms with Gasteiger partial charge in [0, 0.05) is 43.8 Å². The number of aliphatic hydroxyl groups is 2. The Labute approximate surface area is 405 Å². The lowest BCUT2D eigenvalue weighted by atomic mass is 9.45. The van der Waals surface area contributed by atoms with Crippen molar-refractivity contribution >= 4 is 32.3 Å². The molecule has 5 fully saturated rings. The molecule has 1 amide bonds. The number of nitrogens with zero attached hydrogens (tertiary/aromatic N) is 1. The van der Waals surface area contributed by atoms with E-state index >= 15 is 13.6 Å². The Bertz CT molecular complexity index is 2180. The van der Waals surface area contributed by atoms with Crippen molar-refractivity contribution in [3.63, 3.8) is 0 Å². The molecule has 3 aliphatic heterocycles. The Hall–Kier alpha value is -3.56. The molecule has 12 atom stereocenters. The number of rotatable bonds is 13. The number of amides is 1. The van der Waals surface area contributed by atoms with Crippen molar-refractivity contribution in [2.75, 3.05) is 26.2 Å². The fourth-order valence-corrected chi connectivity index (χ4v) is 13.6. The van der Waals surface area contributed by atoms with Crippen LogP contribution >= 0.6 is 0 Å². The molecule has 69 heavy (non-hydrogen) atoms. The molecule has 0 unspecified atom stereocenters. The van der Waals surface area contributed by atoms with Gasteiger partial charge >= 0.3 is 24.0 Å². The normalized spacial score (nSPS) is 35.1. The third-order valence-corrected chi connectivity index (χ3v) is 21.0. The summed E-state index contributed by atoms with van der Waals surface area (Å²) in [5.74, 6) is -3.70. The predicted molar refractivity (Wildman–Crippen MR) is 248 cm³/mol. The number of fused-ring (bicyclic) bond motifs is 8. The maximum Gasteiger partial charge on any atom is 0.407 e. The van der Waals surface area contributed by atoms with E-state index in [0.29, 0.717) is 37.1 Å². The number of alkyl halides is 2. The lowest BCUT2D eigenvalue weighted by Gasteiger charge is -2.68. The molecule has 1 aromatic rings. The number of ether oxygens (including phenoxy) is 7. The molecule has 3 N–H and O–H groups in total. The highest BCUT2D eigenvalue weighted by molar-refractivity contribution is 6.74. The molecule has 2 saturated carbocycles. The van der Waals surface area contributed by atoms with Crippen LogP contribution in [0.2, 0.25) is 18.1 Å².